The first-order valence-electron chi connectivity index (χ1n) is 9.84. The van der Waals surface area contributed by atoms with Gasteiger partial charge in [-0.3, -0.25) is 0 Å². The number of rotatable bonds is 1. The maximum Gasteiger partial charge on any atom is 0.322 e. The molecule has 1 aromatic carbocycles. The topological polar surface area (TPSA) is 40.5 Å². The molecule has 0 saturated carbocycles. The number of hydrogen-bond acceptors (Lipinski definition) is 3. The number of nitrogens with zero attached hydrogens (tertiary/aromatic N) is 3. The number of carbonyl (C=O) groups is 1. The second-order valence-corrected chi connectivity index (χ2v) is 9.82. The zero-order valence-electron chi connectivity index (χ0n) is 16.5. The number of halogens is 1. The fourth-order valence-electron chi connectivity index (χ4n) is 4.30. The molecule has 3 aromatic rings. The molecule has 4 heterocycles. The van der Waals surface area contributed by atoms with Gasteiger partial charge in [-0.2, -0.15) is 0 Å². The molecule has 1 N–H and O–H groups in total. The van der Waals surface area contributed by atoms with Crippen LogP contribution in [0.1, 0.15) is 34.7 Å². The van der Waals surface area contributed by atoms with Gasteiger partial charge in [0.1, 0.15) is 5.00 Å². The van der Waals surface area contributed by atoms with Gasteiger partial charge in [0.15, 0.2) is 0 Å². The zero-order valence-corrected chi connectivity index (χ0v) is 18.9. The van der Waals surface area contributed by atoms with Crippen molar-refractivity contribution in [1.82, 2.24) is 14.4 Å². The Morgan fingerprint density at radius 3 is 2.76 bits per heavy atom. The maximum atomic E-state index is 13.3. The van der Waals surface area contributed by atoms with Crippen molar-refractivity contribution in [2.24, 2.45) is 0 Å². The highest BCUT2D eigenvalue weighted by Gasteiger charge is 2.33. The summed E-state index contributed by atoms with van der Waals surface area (Å²) in [5, 5.41) is 4.36. The minimum Gasteiger partial charge on any atom is -0.312 e. The fourth-order valence-corrected chi connectivity index (χ4v) is 6.01. The van der Waals surface area contributed by atoms with Crippen LogP contribution in [0.2, 0.25) is 0 Å². The number of hydrogen-bond donors (Lipinski definition) is 1. The summed E-state index contributed by atoms with van der Waals surface area (Å²) >= 11 is 5.33. The Morgan fingerprint density at radius 1 is 1.17 bits per heavy atom. The molecule has 5 rings (SSSR count). The molecule has 0 spiro atoms. The van der Waals surface area contributed by atoms with Crippen LogP contribution in [0.15, 0.2) is 47.1 Å². The summed E-state index contributed by atoms with van der Waals surface area (Å²) in [7, 11) is 2.18. The summed E-state index contributed by atoms with van der Waals surface area (Å²) in [6, 6.07) is 11.9. The molecule has 0 saturated heterocycles. The van der Waals surface area contributed by atoms with Crippen LogP contribution in [0.4, 0.5) is 10.5 Å². The standard InChI is InChI=1S/C22H23BrN4OS/c1-14-19-4-3-10-26(19)21-18(17-9-11-25(2)13-20(17)29-21)12-27(14)22(28)24-16-7-5-15(23)6-8-16/h3-8,10,14H,9,11-13H2,1-2H3,(H,24,28). The molecule has 2 aliphatic heterocycles. The first kappa shape index (κ1) is 18.9. The van der Waals surface area contributed by atoms with Gasteiger partial charge in [0.05, 0.1) is 12.6 Å². The van der Waals surface area contributed by atoms with Gasteiger partial charge < -0.3 is 19.7 Å². The van der Waals surface area contributed by atoms with Crippen LogP contribution in [0.25, 0.3) is 5.00 Å². The molecule has 0 aliphatic carbocycles. The van der Waals surface area contributed by atoms with Gasteiger partial charge in [0.2, 0.25) is 0 Å². The predicted molar refractivity (Wildman–Crippen MR) is 121 cm³/mol. The van der Waals surface area contributed by atoms with Crippen molar-refractivity contribution >= 4 is 39.0 Å². The molecule has 2 aromatic heterocycles. The summed E-state index contributed by atoms with van der Waals surface area (Å²) in [4.78, 5) is 19.1. The number of carbonyl (C=O) groups excluding carboxylic acids is 1. The lowest BCUT2D eigenvalue weighted by atomic mass is 10.0. The minimum atomic E-state index is -0.0618. The van der Waals surface area contributed by atoms with Gasteiger partial charge in [0.25, 0.3) is 0 Å². The Labute approximate surface area is 183 Å². The smallest absolute Gasteiger partial charge is 0.312 e. The Kier molecular flexibility index (Phi) is 4.76. The third-order valence-electron chi connectivity index (χ3n) is 5.92. The van der Waals surface area contributed by atoms with E-state index in [1.54, 1.807) is 0 Å². The molecule has 1 unspecified atom stereocenters. The molecule has 0 bridgehead atoms. The van der Waals surface area contributed by atoms with Gasteiger partial charge >= 0.3 is 6.03 Å². The molecule has 1 atom stereocenters. The molecule has 0 radical (unpaired) electrons. The summed E-state index contributed by atoms with van der Waals surface area (Å²) in [6.45, 7) is 4.81. The summed E-state index contributed by atoms with van der Waals surface area (Å²) in [5.41, 5.74) is 4.71. The van der Waals surface area contributed by atoms with Gasteiger partial charge in [-0.1, -0.05) is 15.9 Å². The zero-order chi connectivity index (χ0) is 20.1. The number of benzene rings is 1. The average molecular weight is 471 g/mol. The van der Waals surface area contributed by atoms with Gasteiger partial charge in [-0.05, 0) is 62.4 Å². The average Bonchev–Trinajstić information content (AvgIpc) is 3.29. The van der Waals surface area contributed by atoms with Gasteiger partial charge in [0, 0.05) is 45.6 Å². The monoisotopic (exact) mass is 470 g/mol. The van der Waals surface area contributed by atoms with Crippen molar-refractivity contribution in [3.63, 3.8) is 0 Å². The second-order valence-electron chi connectivity index (χ2n) is 7.82. The molecule has 29 heavy (non-hydrogen) atoms. The summed E-state index contributed by atoms with van der Waals surface area (Å²) < 4.78 is 3.28. The van der Waals surface area contributed by atoms with Crippen molar-refractivity contribution in [3.8, 4) is 5.00 Å². The van der Waals surface area contributed by atoms with E-state index in [9.17, 15) is 4.79 Å². The third kappa shape index (κ3) is 3.31. The SMILES string of the molecule is CC1c2cccn2-c2sc3c(c2CN1C(=O)Nc1ccc(Br)cc1)CCN(C)C3. The highest BCUT2D eigenvalue weighted by Crippen LogP contribution is 2.41. The number of aromatic nitrogens is 1. The molecule has 2 aliphatic rings. The van der Waals surface area contributed by atoms with Crippen LogP contribution in [0.5, 0.6) is 0 Å². The van der Waals surface area contributed by atoms with E-state index in [0.717, 1.165) is 35.4 Å². The maximum absolute atomic E-state index is 13.3. The van der Waals surface area contributed by atoms with Crippen molar-refractivity contribution in [2.45, 2.75) is 32.5 Å². The lowest BCUT2D eigenvalue weighted by Crippen LogP contribution is -2.36. The van der Waals surface area contributed by atoms with E-state index < -0.39 is 0 Å². The van der Waals surface area contributed by atoms with Gasteiger partial charge in [-0.25, -0.2) is 4.79 Å². The number of likely N-dealkylation sites (N-methyl/N-ethyl adjacent to an activating group) is 1. The molecule has 7 heteroatoms. The van der Waals surface area contributed by atoms with E-state index in [1.165, 1.54) is 21.0 Å². The molecule has 150 valence electrons. The van der Waals surface area contributed by atoms with E-state index in [2.05, 4.69) is 63.0 Å². The van der Waals surface area contributed by atoms with Crippen molar-refractivity contribution in [2.75, 3.05) is 18.9 Å². The van der Waals surface area contributed by atoms with E-state index in [1.807, 2.05) is 40.5 Å². The quantitative estimate of drug-likeness (QED) is 0.517. The lowest BCUT2D eigenvalue weighted by Gasteiger charge is -2.29. The van der Waals surface area contributed by atoms with E-state index in [0.29, 0.717) is 6.54 Å². The highest BCUT2D eigenvalue weighted by molar-refractivity contribution is 9.10. The molecule has 0 fully saturated rings. The minimum absolute atomic E-state index is 0.0121. The number of thiophene rings is 1. The van der Waals surface area contributed by atoms with Crippen LogP contribution in [-0.2, 0) is 19.5 Å². The number of amides is 2. The van der Waals surface area contributed by atoms with E-state index >= 15 is 0 Å². The summed E-state index contributed by atoms with van der Waals surface area (Å²) in [6.07, 6.45) is 3.18. The molecular weight excluding hydrogens is 448 g/mol. The van der Waals surface area contributed by atoms with E-state index in [4.69, 9.17) is 0 Å². The van der Waals surface area contributed by atoms with E-state index in [-0.39, 0.29) is 12.1 Å². The van der Waals surface area contributed by atoms with Crippen LogP contribution < -0.4 is 5.32 Å². The van der Waals surface area contributed by atoms with Crippen LogP contribution in [0, 0.1) is 0 Å². The Hall–Kier alpha value is -2.09. The number of fused-ring (bicyclic) bond motifs is 5. The third-order valence-corrected chi connectivity index (χ3v) is 7.70. The number of nitrogens with one attached hydrogen (secondary N) is 1. The Bertz CT molecular complexity index is 1070. The first-order valence-corrected chi connectivity index (χ1v) is 11.4. The van der Waals surface area contributed by atoms with Crippen molar-refractivity contribution in [1.29, 1.82) is 0 Å². The summed E-state index contributed by atoms with van der Waals surface area (Å²) in [5.74, 6) is 0. The van der Waals surface area contributed by atoms with Gasteiger partial charge in [-0.15, -0.1) is 11.3 Å². The van der Waals surface area contributed by atoms with Crippen LogP contribution >= 0.6 is 27.3 Å². The highest BCUT2D eigenvalue weighted by atomic mass is 79.9. The molecule has 5 nitrogen and oxygen atoms in total. The fraction of sp³-hybridized carbons (Fsp3) is 0.318. The van der Waals surface area contributed by atoms with Crippen molar-refractivity contribution in [3.05, 3.63) is 68.8 Å². The van der Waals surface area contributed by atoms with Crippen LogP contribution in [0.3, 0.4) is 0 Å². The second kappa shape index (κ2) is 7.31. The largest absolute Gasteiger partial charge is 0.322 e. The lowest BCUT2D eigenvalue weighted by molar-refractivity contribution is 0.189. The molecule has 2 amide bonds. The normalized spacial score (nSPS) is 18.6. The van der Waals surface area contributed by atoms with Crippen LogP contribution in [-0.4, -0.2) is 34.0 Å². The number of anilines is 1. The first-order chi connectivity index (χ1) is 14.0. The Morgan fingerprint density at radius 2 is 1.97 bits per heavy atom. The molecular formula is C22H23BrN4OS. The Balaban J connectivity index is 1.53. The predicted octanol–water partition coefficient (Wildman–Crippen LogP) is 5.40. The number of urea groups is 1. The van der Waals surface area contributed by atoms with Crippen molar-refractivity contribution < 1.29 is 4.79 Å².